The van der Waals surface area contributed by atoms with Gasteiger partial charge in [-0.2, -0.15) is 0 Å². The van der Waals surface area contributed by atoms with Crippen molar-refractivity contribution in [3.63, 3.8) is 0 Å². The van der Waals surface area contributed by atoms with Gasteiger partial charge in [-0.1, -0.05) is 53.5 Å². The van der Waals surface area contributed by atoms with Crippen molar-refractivity contribution in [1.82, 2.24) is 0 Å². The van der Waals surface area contributed by atoms with Gasteiger partial charge < -0.3 is 10.4 Å². The summed E-state index contributed by atoms with van der Waals surface area (Å²) >= 11 is 12.2. The molecular weight excluding hydrogens is 293 g/mol. The SMILES string of the molecule is Oc1cc2ccccc2cc1Nc1c(Cl)cccc1Cl. The zero-order valence-corrected chi connectivity index (χ0v) is 11.9. The molecule has 0 radical (unpaired) electrons. The third kappa shape index (κ3) is 2.40. The summed E-state index contributed by atoms with van der Waals surface area (Å²) in [5.41, 5.74) is 1.15. The van der Waals surface area contributed by atoms with Gasteiger partial charge in [0, 0.05) is 0 Å². The molecule has 0 aromatic heterocycles. The van der Waals surface area contributed by atoms with E-state index in [1.54, 1.807) is 24.3 Å². The lowest BCUT2D eigenvalue weighted by molar-refractivity contribution is 0.478. The Morgan fingerprint density at radius 2 is 1.40 bits per heavy atom. The molecule has 100 valence electrons. The Morgan fingerprint density at radius 1 is 0.800 bits per heavy atom. The molecule has 2 nitrogen and oxygen atoms in total. The number of benzene rings is 3. The highest BCUT2D eigenvalue weighted by molar-refractivity contribution is 6.39. The summed E-state index contributed by atoms with van der Waals surface area (Å²) in [5, 5.41) is 16.2. The Labute approximate surface area is 126 Å². The number of phenolic OH excluding ortho intramolecular Hbond substituents is 1. The van der Waals surface area contributed by atoms with Crippen LogP contribution in [0.5, 0.6) is 5.75 Å². The largest absolute Gasteiger partial charge is 0.506 e. The van der Waals surface area contributed by atoms with Crippen molar-refractivity contribution in [2.45, 2.75) is 0 Å². The van der Waals surface area contributed by atoms with E-state index in [1.165, 1.54) is 0 Å². The molecule has 0 amide bonds. The number of halogens is 2. The van der Waals surface area contributed by atoms with E-state index in [9.17, 15) is 5.11 Å². The molecule has 4 heteroatoms. The average molecular weight is 304 g/mol. The highest BCUT2D eigenvalue weighted by Crippen LogP contribution is 2.37. The van der Waals surface area contributed by atoms with Gasteiger partial charge in [0.25, 0.3) is 0 Å². The molecule has 3 aromatic carbocycles. The van der Waals surface area contributed by atoms with E-state index in [0.29, 0.717) is 21.4 Å². The van der Waals surface area contributed by atoms with Crippen molar-refractivity contribution >= 4 is 45.3 Å². The first-order valence-corrected chi connectivity index (χ1v) is 6.83. The smallest absolute Gasteiger partial charge is 0.139 e. The van der Waals surface area contributed by atoms with Crippen LogP contribution in [0.25, 0.3) is 10.8 Å². The normalized spacial score (nSPS) is 10.7. The summed E-state index contributed by atoms with van der Waals surface area (Å²) in [6.07, 6.45) is 0. The van der Waals surface area contributed by atoms with Crippen molar-refractivity contribution in [2.75, 3.05) is 5.32 Å². The lowest BCUT2D eigenvalue weighted by Crippen LogP contribution is -1.93. The minimum absolute atomic E-state index is 0.152. The van der Waals surface area contributed by atoms with Gasteiger partial charge in [-0.3, -0.25) is 0 Å². The fourth-order valence-corrected chi connectivity index (χ4v) is 2.57. The molecule has 0 unspecified atom stereocenters. The van der Waals surface area contributed by atoms with E-state index in [1.807, 2.05) is 30.3 Å². The molecule has 0 aliphatic carbocycles. The maximum atomic E-state index is 10.1. The number of aromatic hydroxyl groups is 1. The van der Waals surface area contributed by atoms with Gasteiger partial charge in [-0.15, -0.1) is 0 Å². The molecule has 0 atom stereocenters. The number of rotatable bonds is 2. The third-order valence-corrected chi connectivity index (χ3v) is 3.72. The summed E-state index contributed by atoms with van der Waals surface area (Å²) in [6, 6.07) is 16.6. The number of hydrogen-bond donors (Lipinski definition) is 2. The predicted molar refractivity (Wildman–Crippen MR) is 85.4 cm³/mol. The highest BCUT2D eigenvalue weighted by Gasteiger charge is 2.09. The molecule has 0 saturated carbocycles. The van der Waals surface area contributed by atoms with Crippen LogP contribution in [-0.4, -0.2) is 5.11 Å². The average Bonchev–Trinajstić information content (AvgIpc) is 2.43. The lowest BCUT2D eigenvalue weighted by atomic mass is 10.1. The Balaban J connectivity index is 2.09. The van der Waals surface area contributed by atoms with Gasteiger partial charge in [-0.05, 0) is 35.0 Å². The van der Waals surface area contributed by atoms with E-state index in [2.05, 4.69) is 5.32 Å². The summed E-state index contributed by atoms with van der Waals surface area (Å²) in [5.74, 6) is 0.152. The standard InChI is InChI=1S/C16H11Cl2NO/c17-12-6-3-7-13(18)16(12)19-14-8-10-4-1-2-5-11(10)9-15(14)20/h1-9,19-20H. The van der Waals surface area contributed by atoms with E-state index in [0.717, 1.165) is 10.8 Å². The van der Waals surface area contributed by atoms with E-state index >= 15 is 0 Å². The van der Waals surface area contributed by atoms with Crippen molar-refractivity contribution in [2.24, 2.45) is 0 Å². The van der Waals surface area contributed by atoms with Crippen LogP contribution in [0.3, 0.4) is 0 Å². The van der Waals surface area contributed by atoms with Crippen LogP contribution < -0.4 is 5.32 Å². The first-order chi connectivity index (χ1) is 9.65. The number of fused-ring (bicyclic) bond motifs is 1. The number of anilines is 2. The van der Waals surface area contributed by atoms with Gasteiger partial charge >= 0.3 is 0 Å². The summed E-state index contributed by atoms with van der Waals surface area (Å²) in [6.45, 7) is 0. The molecule has 3 aromatic rings. The second-order valence-corrected chi connectivity index (χ2v) is 5.25. The molecule has 0 spiro atoms. The van der Waals surface area contributed by atoms with Gasteiger partial charge in [0.2, 0.25) is 0 Å². The fourth-order valence-electron chi connectivity index (χ4n) is 2.08. The first-order valence-electron chi connectivity index (χ1n) is 6.08. The van der Waals surface area contributed by atoms with Crippen molar-refractivity contribution in [1.29, 1.82) is 0 Å². The molecule has 20 heavy (non-hydrogen) atoms. The molecule has 2 N–H and O–H groups in total. The first kappa shape index (κ1) is 13.1. The number of hydrogen-bond acceptors (Lipinski definition) is 2. The van der Waals surface area contributed by atoms with E-state index in [-0.39, 0.29) is 5.75 Å². The van der Waals surface area contributed by atoms with Crippen molar-refractivity contribution in [3.05, 3.63) is 64.6 Å². The van der Waals surface area contributed by atoms with Crippen molar-refractivity contribution in [3.8, 4) is 5.75 Å². The number of phenols is 1. The molecule has 0 saturated heterocycles. The predicted octanol–water partition coefficient (Wildman–Crippen LogP) is 5.60. The van der Waals surface area contributed by atoms with Crippen LogP contribution in [0.15, 0.2) is 54.6 Å². The quantitative estimate of drug-likeness (QED) is 0.604. The highest BCUT2D eigenvalue weighted by atomic mass is 35.5. The molecule has 0 aliphatic heterocycles. The molecule has 0 fully saturated rings. The van der Waals surface area contributed by atoms with Crippen LogP contribution >= 0.6 is 23.2 Å². The van der Waals surface area contributed by atoms with Crippen LogP contribution in [0, 0.1) is 0 Å². The Kier molecular flexibility index (Phi) is 3.43. The van der Waals surface area contributed by atoms with Crippen LogP contribution in [0.2, 0.25) is 10.0 Å². The van der Waals surface area contributed by atoms with Crippen LogP contribution in [-0.2, 0) is 0 Å². The third-order valence-electron chi connectivity index (χ3n) is 3.09. The minimum atomic E-state index is 0.152. The minimum Gasteiger partial charge on any atom is -0.506 e. The van der Waals surface area contributed by atoms with Gasteiger partial charge in [-0.25, -0.2) is 0 Å². The number of nitrogens with one attached hydrogen (secondary N) is 1. The summed E-state index contributed by atoms with van der Waals surface area (Å²) < 4.78 is 0. The lowest BCUT2D eigenvalue weighted by Gasteiger charge is -2.12. The Bertz CT molecular complexity index is 766. The summed E-state index contributed by atoms with van der Waals surface area (Å²) in [7, 11) is 0. The molecule has 0 aliphatic rings. The molecular formula is C16H11Cl2NO. The van der Waals surface area contributed by atoms with Gasteiger partial charge in [0.15, 0.2) is 0 Å². The summed E-state index contributed by atoms with van der Waals surface area (Å²) in [4.78, 5) is 0. The second-order valence-electron chi connectivity index (χ2n) is 4.44. The topological polar surface area (TPSA) is 32.3 Å². The van der Waals surface area contributed by atoms with E-state index in [4.69, 9.17) is 23.2 Å². The zero-order chi connectivity index (χ0) is 14.1. The van der Waals surface area contributed by atoms with E-state index < -0.39 is 0 Å². The fraction of sp³-hybridized carbons (Fsp3) is 0. The molecule has 0 bridgehead atoms. The Morgan fingerprint density at radius 3 is 2.05 bits per heavy atom. The van der Waals surface area contributed by atoms with Crippen LogP contribution in [0.1, 0.15) is 0 Å². The van der Waals surface area contributed by atoms with Gasteiger partial charge in [0.05, 0.1) is 21.4 Å². The molecule has 0 heterocycles. The maximum absolute atomic E-state index is 10.1. The maximum Gasteiger partial charge on any atom is 0.139 e. The monoisotopic (exact) mass is 303 g/mol. The number of para-hydroxylation sites is 1. The van der Waals surface area contributed by atoms with Gasteiger partial charge in [0.1, 0.15) is 5.75 Å². The van der Waals surface area contributed by atoms with Crippen molar-refractivity contribution < 1.29 is 5.11 Å². The van der Waals surface area contributed by atoms with Crippen LogP contribution in [0.4, 0.5) is 11.4 Å². The Hall–Kier alpha value is -1.90. The molecule has 3 rings (SSSR count). The zero-order valence-electron chi connectivity index (χ0n) is 10.4. The second kappa shape index (κ2) is 5.23.